The Hall–Kier alpha value is -1.10. The Morgan fingerprint density at radius 1 is 1.17 bits per heavy atom. The van der Waals surface area contributed by atoms with Crippen molar-refractivity contribution in [1.82, 2.24) is 10.6 Å². The van der Waals surface area contributed by atoms with Crippen molar-refractivity contribution in [1.29, 1.82) is 0 Å². The van der Waals surface area contributed by atoms with Crippen LogP contribution in [0.5, 0.6) is 0 Å². The van der Waals surface area contributed by atoms with E-state index in [2.05, 4.69) is 24.5 Å². The van der Waals surface area contributed by atoms with Gasteiger partial charge in [0.15, 0.2) is 0 Å². The summed E-state index contributed by atoms with van der Waals surface area (Å²) in [7, 11) is 0. The Kier molecular flexibility index (Phi) is 9.28. The summed E-state index contributed by atoms with van der Waals surface area (Å²) >= 11 is 0. The predicted octanol–water partition coefficient (Wildman–Crippen LogP) is 0.640. The summed E-state index contributed by atoms with van der Waals surface area (Å²) in [6.45, 7) is 7.54. The SMILES string of the molecule is CCCNC(=O)CCNC(=O)C(CN)CC(C)C. The number of amides is 2. The van der Waals surface area contributed by atoms with Crippen LogP contribution in [0.4, 0.5) is 0 Å². The summed E-state index contributed by atoms with van der Waals surface area (Å²) in [6.07, 6.45) is 2.02. The van der Waals surface area contributed by atoms with E-state index in [9.17, 15) is 9.59 Å². The quantitative estimate of drug-likeness (QED) is 0.567. The van der Waals surface area contributed by atoms with E-state index < -0.39 is 0 Å². The van der Waals surface area contributed by atoms with Crippen LogP contribution in [0.1, 0.15) is 40.0 Å². The third-order valence-electron chi connectivity index (χ3n) is 2.63. The third-order valence-corrected chi connectivity index (χ3v) is 2.63. The summed E-state index contributed by atoms with van der Waals surface area (Å²) in [4.78, 5) is 23.1. The zero-order chi connectivity index (χ0) is 14.0. The first kappa shape index (κ1) is 16.9. The maximum absolute atomic E-state index is 11.8. The van der Waals surface area contributed by atoms with Crippen molar-refractivity contribution in [2.75, 3.05) is 19.6 Å². The van der Waals surface area contributed by atoms with E-state index in [1.807, 2.05) is 6.92 Å². The van der Waals surface area contributed by atoms with Gasteiger partial charge in [0.05, 0.1) is 5.92 Å². The van der Waals surface area contributed by atoms with Gasteiger partial charge >= 0.3 is 0 Å². The molecule has 0 saturated carbocycles. The average Bonchev–Trinajstić information content (AvgIpc) is 2.32. The van der Waals surface area contributed by atoms with Crippen molar-refractivity contribution in [3.8, 4) is 0 Å². The van der Waals surface area contributed by atoms with Crippen LogP contribution >= 0.6 is 0 Å². The molecule has 0 spiro atoms. The standard InChI is InChI=1S/C13H27N3O2/c1-4-6-15-12(17)5-7-16-13(18)11(9-14)8-10(2)3/h10-11H,4-9,14H2,1-3H3,(H,15,17)(H,16,18). The van der Waals surface area contributed by atoms with Crippen LogP contribution in [0, 0.1) is 11.8 Å². The van der Waals surface area contributed by atoms with Crippen molar-refractivity contribution in [3.05, 3.63) is 0 Å². The minimum atomic E-state index is -0.149. The lowest BCUT2D eigenvalue weighted by Gasteiger charge is -2.16. The van der Waals surface area contributed by atoms with Gasteiger partial charge in [-0.25, -0.2) is 0 Å². The Bertz CT molecular complexity index is 255. The van der Waals surface area contributed by atoms with Gasteiger partial charge in [-0.2, -0.15) is 0 Å². The lowest BCUT2D eigenvalue weighted by Crippen LogP contribution is -2.38. The molecule has 0 aliphatic carbocycles. The average molecular weight is 257 g/mol. The molecule has 4 N–H and O–H groups in total. The molecule has 5 nitrogen and oxygen atoms in total. The number of rotatable bonds is 9. The Balaban J connectivity index is 3.83. The molecule has 5 heteroatoms. The summed E-state index contributed by atoms with van der Waals surface area (Å²) in [5.74, 6) is 0.223. The minimum Gasteiger partial charge on any atom is -0.356 e. The Morgan fingerprint density at radius 2 is 1.83 bits per heavy atom. The number of nitrogens with one attached hydrogen (secondary N) is 2. The van der Waals surface area contributed by atoms with Gasteiger partial charge in [-0.3, -0.25) is 9.59 Å². The van der Waals surface area contributed by atoms with Crippen LogP contribution in [-0.2, 0) is 9.59 Å². The van der Waals surface area contributed by atoms with E-state index in [0.29, 0.717) is 32.0 Å². The maximum Gasteiger partial charge on any atom is 0.224 e. The lowest BCUT2D eigenvalue weighted by molar-refractivity contribution is -0.125. The highest BCUT2D eigenvalue weighted by Gasteiger charge is 2.17. The van der Waals surface area contributed by atoms with Gasteiger partial charge in [-0.05, 0) is 18.8 Å². The zero-order valence-corrected chi connectivity index (χ0v) is 11.8. The second-order valence-corrected chi connectivity index (χ2v) is 4.95. The van der Waals surface area contributed by atoms with Crippen LogP contribution in [0.3, 0.4) is 0 Å². The number of hydrogen-bond acceptors (Lipinski definition) is 3. The zero-order valence-electron chi connectivity index (χ0n) is 11.8. The second kappa shape index (κ2) is 9.88. The molecule has 0 radical (unpaired) electrons. The molecule has 0 aromatic rings. The molecule has 0 fully saturated rings. The molecule has 1 unspecified atom stereocenters. The van der Waals surface area contributed by atoms with Crippen LogP contribution in [0.25, 0.3) is 0 Å². The normalized spacial score (nSPS) is 12.3. The molecule has 0 saturated heterocycles. The molecule has 0 aliphatic rings. The number of nitrogens with two attached hydrogens (primary N) is 1. The van der Waals surface area contributed by atoms with Crippen molar-refractivity contribution < 1.29 is 9.59 Å². The van der Waals surface area contributed by atoms with E-state index in [-0.39, 0.29) is 17.7 Å². The fourth-order valence-corrected chi connectivity index (χ4v) is 1.68. The van der Waals surface area contributed by atoms with Gasteiger partial charge in [-0.1, -0.05) is 20.8 Å². The molecule has 1 atom stereocenters. The van der Waals surface area contributed by atoms with Crippen LogP contribution in [0.15, 0.2) is 0 Å². The molecular formula is C13H27N3O2. The van der Waals surface area contributed by atoms with Gasteiger partial charge in [0, 0.05) is 26.1 Å². The second-order valence-electron chi connectivity index (χ2n) is 4.95. The molecule has 106 valence electrons. The number of hydrogen-bond donors (Lipinski definition) is 3. The van der Waals surface area contributed by atoms with Crippen molar-refractivity contribution in [2.45, 2.75) is 40.0 Å². The van der Waals surface area contributed by atoms with Crippen molar-refractivity contribution >= 4 is 11.8 Å². The van der Waals surface area contributed by atoms with E-state index in [0.717, 1.165) is 12.8 Å². The Morgan fingerprint density at radius 3 is 2.33 bits per heavy atom. The molecule has 18 heavy (non-hydrogen) atoms. The summed E-state index contributed by atoms with van der Waals surface area (Å²) < 4.78 is 0. The molecule has 0 heterocycles. The third kappa shape index (κ3) is 8.06. The monoisotopic (exact) mass is 257 g/mol. The van der Waals surface area contributed by atoms with Crippen LogP contribution in [0.2, 0.25) is 0 Å². The molecule has 0 bridgehead atoms. The van der Waals surface area contributed by atoms with Gasteiger partial charge in [0.25, 0.3) is 0 Å². The van der Waals surface area contributed by atoms with Gasteiger partial charge in [0.2, 0.25) is 11.8 Å². The van der Waals surface area contributed by atoms with Gasteiger partial charge < -0.3 is 16.4 Å². The lowest BCUT2D eigenvalue weighted by atomic mass is 9.96. The minimum absolute atomic E-state index is 0.0229. The fraction of sp³-hybridized carbons (Fsp3) is 0.846. The molecule has 0 aromatic carbocycles. The molecule has 0 rings (SSSR count). The van der Waals surface area contributed by atoms with Crippen LogP contribution < -0.4 is 16.4 Å². The molecule has 2 amide bonds. The smallest absolute Gasteiger partial charge is 0.224 e. The van der Waals surface area contributed by atoms with Gasteiger partial charge in [-0.15, -0.1) is 0 Å². The first-order chi connectivity index (χ1) is 8.51. The summed E-state index contributed by atoms with van der Waals surface area (Å²) in [5, 5.41) is 5.53. The highest BCUT2D eigenvalue weighted by atomic mass is 16.2. The number of carbonyl (C=O) groups is 2. The molecule has 0 aliphatic heterocycles. The van der Waals surface area contributed by atoms with E-state index in [1.54, 1.807) is 0 Å². The van der Waals surface area contributed by atoms with E-state index >= 15 is 0 Å². The van der Waals surface area contributed by atoms with E-state index in [1.165, 1.54) is 0 Å². The first-order valence-corrected chi connectivity index (χ1v) is 6.75. The fourth-order valence-electron chi connectivity index (χ4n) is 1.68. The predicted molar refractivity (Wildman–Crippen MR) is 72.9 cm³/mol. The highest BCUT2D eigenvalue weighted by Crippen LogP contribution is 2.10. The first-order valence-electron chi connectivity index (χ1n) is 6.75. The van der Waals surface area contributed by atoms with Crippen molar-refractivity contribution in [2.24, 2.45) is 17.6 Å². The number of carbonyl (C=O) groups excluding carboxylic acids is 2. The molecular weight excluding hydrogens is 230 g/mol. The van der Waals surface area contributed by atoms with E-state index in [4.69, 9.17) is 5.73 Å². The Labute approximate surface area is 110 Å². The summed E-state index contributed by atoms with van der Waals surface area (Å²) in [6, 6.07) is 0. The maximum atomic E-state index is 11.8. The summed E-state index contributed by atoms with van der Waals surface area (Å²) in [5.41, 5.74) is 5.58. The van der Waals surface area contributed by atoms with Gasteiger partial charge in [0.1, 0.15) is 0 Å². The topological polar surface area (TPSA) is 84.2 Å². The van der Waals surface area contributed by atoms with Crippen molar-refractivity contribution in [3.63, 3.8) is 0 Å². The molecule has 0 aromatic heterocycles. The largest absolute Gasteiger partial charge is 0.356 e. The van der Waals surface area contributed by atoms with Crippen LogP contribution in [-0.4, -0.2) is 31.4 Å². The highest BCUT2D eigenvalue weighted by molar-refractivity contribution is 5.80.